The molecule has 0 radical (unpaired) electrons. The Kier molecular flexibility index (Phi) is 11.9. The van der Waals surface area contributed by atoms with Gasteiger partial charge in [-0.3, -0.25) is 20.2 Å². The predicted molar refractivity (Wildman–Crippen MR) is 190 cm³/mol. The number of fused-ring (bicyclic) bond motifs is 2. The smallest absolute Gasteiger partial charge is 0.407 e. The van der Waals surface area contributed by atoms with E-state index >= 15 is 0 Å². The van der Waals surface area contributed by atoms with Gasteiger partial charge in [0, 0.05) is 25.2 Å². The van der Waals surface area contributed by atoms with Gasteiger partial charge in [-0.1, -0.05) is 26.0 Å². The molecule has 56 heavy (non-hydrogen) atoms. The average molecular weight is 803 g/mol. The Morgan fingerprint density at radius 3 is 2.41 bits per heavy atom. The summed E-state index contributed by atoms with van der Waals surface area (Å²) in [6, 6.07) is 9.86. The Morgan fingerprint density at radius 1 is 1.00 bits per heavy atom. The number of nitro groups is 2. The average Bonchev–Trinajstić information content (AvgIpc) is 3.90. The Morgan fingerprint density at radius 2 is 1.73 bits per heavy atom. The number of aromatic carboxylic acids is 1. The summed E-state index contributed by atoms with van der Waals surface area (Å²) in [7, 11) is -4.22. The third kappa shape index (κ3) is 8.92. The normalized spacial score (nSPS) is 19.7. The molecule has 6 rings (SSSR count). The zero-order valence-corrected chi connectivity index (χ0v) is 30.8. The van der Waals surface area contributed by atoms with Crippen molar-refractivity contribution in [2.45, 2.75) is 56.1 Å². The number of hydrogen-bond donors (Lipinski definition) is 3. The molecule has 3 heterocycles. The van der Waals surface area contributed by atoms with E-state index in [-0.39, 0.29) is 54.6 Å². The second-order valence-electron chi connectivity index (χ2n) is 13.6. The van der Waals surface area contributed by atoms with Crippen LogP contribution in [0.4, 0.5) is 16.2 Å². The second kappa shape index (κ2) is 16.6. The molecule has 3 aromatic carbocycles. The minimum atomic E-state index is -4.22. The number of nitrogens with zero attached hydrogens (tertiary/aromatic N) is 3. The quantitative estimate of drug-likeness (QED) is 0.137. The maximum Gasteiger partial charge on any atom is 0.407 e. The lowest BCUT2D eigenvalue weighted by molar-refractivity contribution is -0.394. The van der Waals surface area contributed by atoms with Crippen LogP contribution in [-0.4, -0.2) is 102 Å². The molecule has 3 aliphatic rings. The van der Waals surface area contributed by atoms with Gasteiger partial charge in [-0.2, -0.15) is 4.31 Å². The third-order valence-electron chi connectivity index (χ3n) is 9.24. The summed E-state index contributed by atoms with van der Waals surface area (Å²) in [5.41, 5.74) is -2.12. The summed E-state index contributed by atoms with van der Waals surface area (Å²) in [5, 5.41) is 47.1. The molecule has 20 nitrogen and oxygen atoms in total. The molecule has 21 heteroatoms. The van der Waals surface area contributed by atoms with Crippen molar-refractivity contribution in [3.05, 3.63) is 86.0 Å². The molecule has 0 bridgehead atoms. The van der Waals surface area contributed by atoms with Crippen LogP contribution < -0.4 is 19.5 Å². The predicted octanol–water partition coefficient (Wildman–Crippen LogP) is 3.83. The van der Waals surface area contributed by atoms with Crippen molar-refractivity contribution in [3.8, 4) is 23.0 Å². The van der Waals surface area contributed by atoms with Crippen molar-refractivity contribution in [1.29, 1.82) is 0 Å². The number of rotatable bonds is 16. The van der Waals surface area contributed by atoms with E-state index in [1.807, 2.05) is 0 Å². The largest absolute Gasteiger partial charge is 0.478 e. The summed E-state index contributed by atoms with van der Waals surface area (Å²) in [4.78, 5) is 46.2. The van der Waals surface area contributed by atoms with Crippen LogP contribution >= 0.6 is 0 Å². The lowest BCUT2D eigenvalue weighted by atomic mass is 10.0. The number of sulfonamides is 1. The summed E-state index contributed by atoms with van der Waals surface area (Å²) in [6.07, 6.45) is -3.01. The highest BCUT2D eigenvalue weighted by atomic mass is 32.2. The minimum Gasteiger partial charge on any atom is -0.478 e. The van der Waals surface area contributed by atoms with Crippen molar-refractivity contribution >= 4 is 33.5 Å². The van der Waals surface area contributed by atoms with E-state index in [1.54, 1.807) is 13.8 Å². The van der Waals surface area contributed by atoms with Gasteiger partial charge in [-0.05, 0) is 48.6 Å². The fraction of sp³-hybridized carbons (Fsp3) is 0.429. The van der Waals surface area contributed by atoms with Crippen molar-refractivity contribution in [2.24, 2.45) is 11.8 Å². The summed E-state index contributed by atoms with van der Waals surface area (Å²) < 4.78 is 62.1. The zero-order valence-electron chi connectivity index (χ0n) is 30.0. The van der Waals surface area contributed by atoms with Gasteiger partial charge in [-0.25, -0.2) is 18.0 Å². The Hall–Kier alpha value is -5.61. The number of carboxylic acids is 1. The van der Waals surface area contributed by atoms with E-state index in [2.05, 4.69) is 5.32 Å². The monoisotopic (exact) mass is 802 g/mol. The molecule has 0 spiro atoms. The summed E-state index contributed by atoms with van der Waals surface area (Å²) in [6.45, 7) is 3.64. The van der Waals surface area contributed by atoms with Crippen LogP contribution in [-0.2, 0) is 30.7 Å². The lowest BCUT2D eigenvalue weighted by Crippen LogP contribution is -2.51. The number of benzene rings is 3. The number of carbonyl (C=O) groups is 2. The molecule has 5 atom stereocenters. The molecule has 3 aromatic rings. The number of amides is 1. The fourth-order valence-corrected chi connectivity index (χ4v) is 8.16. The number of carboxylic acid groups (broad SMARTS) is 1. The molecule has 0 aliphatic carbocycles. The fourth-order valence-electron chi connectivity index (χ4n) is 6.53. The molecular weight excluding hydrogens is 764 g/mol. The third-order valence-corrected chi connectivity index (χ3v) is 11.1. The highest BCUT2D eigenvalue weighted by Gasteiger charge is 2.44. The zero-order chi connectivity index (χ0) is 40.3. The highest BCUT2D eigenvalue weighted by molar-refractivity contribution is 7.89. The lowest BCUT2D eigenvalue weighted by Gasteiger charge is -2.31. The number of nitrogens with one attached hydrogen (secondary N) is 1. The number of carbonyl (C=O) groups excluding carboxylic acids is 1. The van der Waals surface area contributed by atoms with Gasteiger partial charge < -0.3 is 44.0 Å². The molecule has 2 saturated heterocycles. The van der Waals surface area contributed by atoms with E-state index in [0.717, 1.165) is 4.31 Å². The van der Waals surface area contributed by atoms with Crippen molar-refractivity contribution in [1.82, 2.24) is 9.62 Å². The van der Waals surface area contributed by atoms with E-state index in [0.29, 0.717) is 36.5 Å². The first-order chi connectivity index (χ1) is 26.6. The van der Waals surface area contributed by atoms with E-state index in [4.69, 9.17) is 28.4 Å². The van der Waals surface area contributed by atoms with Gasteiger partial charge in [0.15, 0.2) is 17.8 Å². The van der Waals surface area contributed by atoms with Crippen molar-refractivity contribution < 1.29 is 66.5 Å². The molecule has 1 amide bonds. The number of aliphatic hydroxyl groups is 1. The second-order valence-corrected chi connectivity index (χ2v) is 15.6. The Labute approximate surface area is 319 Å². The van der Waals surface area contributed by atoms with E-state index in [9.17, 15) is 48.4 Å². The molecular formula is C35H38N4O16S. The Balaban J connectivity index is 1.25. The van der Waals surface area contributed by atoms with Gasteiger partial charge in [0.25, 0.3) is 5.69 Å². The van der Waals surface area contributed by atoms with Gasteiger partial charge >= 0.3 is 17.7 Å². The SMILES string of the molecule is CC(C)CN(CC(O)C(Cc1ccc(Oc2c(C(=O)O)cc([N+](=O)[O-])cc2[N+](=O)[O-])cc1)NC(=O)OC1COC2OCCC12)S(=O)(=O)c1ccc2c(c1)OCO2. The van der Waals surface area contributed by atoms with Crippen LogP contribution in [0.2, 0.25) is 0 Å². The van der Waals surface area contributed by atoms with Gasteiger partial charge in [0.2, 0.25) is 22.6 Å². The molecule has 300 valence electrons. The van der Waals surface area contributed by atoms with Crippen LogP contribution in [0, 0.1) is 32.1 Å². The topological polar surface area (TPSA) is 266 Å². The number of hydrogen-bond acceptors (Lipinski definition) is 15. The number of ether oxygens (including phenoxy) is 6. The summed E-state index contributed by atoms with van der Waals surface area (Å²) in [5.74, 6) is -2.24. The first kappa shape index (κ1) is 40.1. The Bertz CT molecular complexity index is 2060. The van der Waals surface area contributed by atoms with Crippen molar-refractivity contribution in [2.75, 3.05) is 33.1 Å². The van der Waals surface area contributed by atoms with Crippen molar-refractivity contribution in [3.63, 3.8) is 0 Å². The molecule has 2 fully saturated rings. The molecule has 5 unspecified atom stereocenters. The number of non-ortho nitro benzene ring substituents is 1. The minimum absolute atomic E-state index is 0.00658. The van der Waals surface area contributed by atoms with E-state index in [1.165, 1.54) is 42.5 Å². The number of alkyl carbamates (subject to hydrolysis) is 1. The van der Waals surface area contributed by atoms with Crippen LogP contribution in [0.5, 0.6) is 23.0 Å². The first-order valence-electron chi connectivity index (χ1n) is 17.4. The standard InChI is InChI=1S/C35H38N4O16S/c1-19(2)15-37(56(48,49)23-7-8-29-30(14-23)53-18-52-29)16-28(40)26(36-35(43)55-31-17-51-34-24(31)9-10-50-34)11-20-3-5-22(6-4-20)54-32-25(33(41)42)12-21(38(44)45)13-27(32)39(46)47/h3-8,12-14,19,24,26,28,31,34,40H,9-11,15-18H2,1-2H3,(H,36,43)(H,41,42). The maximum absolute atomic E-state index is 14.0. The highest BCUT2D eigenvalue weighted by Crippen LogP contribution is 2.39. The molecule has 0 saturated carbocycles. The van der Waals surface area contributed by atoms with Crippen LogP contribution in [0.1, 0.15) is 36.2 Å². The van der Waals surface area contributed by atoms with Gasteiger partial charge in [-0.15, -0.1) is 0 Å². The summed E-state index contributed by atoms with van der Waals surface area (Å²) >= 11 is 0. The van der Waals surface area contributed by atoms with Gasteiger partial charge in [0.1, 0.15) is 17.4 Å². The van der Waals surface area contributed by atoms with Crippen LogP contribution in [0.3, 0.4) is 0 Å². The molecule has 0 aromatic heterocycles. The van der Waals surface area contributed by atoms with Crippen LogP contribution in [0.15, 0.2) is 59.5 Å². The number of nitro benzene ring substituents is 2. The van der Waals surface area contributed by atoms with Crippen LogP contribution in [0.25, 0.3) is 0 Å². The molecule has 3 N–H and O–H groups in total. The first-order valence-corrected chi connectivity index (χ1v) is 18.8. The number of aliphatic hydroxyl groups excluding tert-OH is 1. The molecule has 3 aliphatic heterocycles. The maximum atomic E-state index is 14.0. The van der Waals surface area contributed by atoms with E-state index < -0.39 is 85.7 Å². The van der Waals surface area contributed by atoms with Gasteiger partial charge in [0.05, 0.1) is 52.1 Å².